The van der Waals surface area contributed by atoms with Crippen LogP contribution in [0.2, 0.25) is 10.0 Å². The van der Waals surface area contributed by atoms with Gasteiger partial charge in [-0.3, -0.25) is 19.2 Å². The van der Waals surface area contributed by atoms with Crippen molar-refractivity contribution in [2.45, 2.75) is 6.42 Å². The number of allylic oxidation sites excluding steroid dienone is 2. The fraction of sp³-hybridized carbons (Fsp3) is 0.219. The molecule has 1 saturated carbocycles. The molecule has 3 aromatic rings. The first-order valence-corrected chi connectivity index (χ1v) is 14.2. The Labute approximate surface area is 256 Å². The molecule has 3 amide bonds. The van der Waals surface area contributed by atoms with Crippen molar-refractivity contribution in [1.29, 1.82) is 0 Å². The largest absolute Gasteiger partial charge is 0.497 e. The van der Waals surface area contributed by atoms with Crippen molar-refractivity contribution >= 4 is 52.7 Å². The highest BCUT2D eigenvalue weighted by Crippen LogP contribution is 2.52. The van der Waals surface area contributed by atoms with Crippen molar-refractivity contribution in [3.8, 4) is 11.5 Å². The smallest absolute Gasteiger partial charge is 0.343 e. The number of fused-ring (bicyclic) bond motifs is 5. The zero-order valence-electron chi connectivity index (χ0n) is 22.7. The van der Waals surface area contributed by atoms with Gasteiger partial charge in [0.15, 0.2) is 5.78 Å². The van der Waals surface area contributed by atoms with Crippen molar-refractivity contribution in [1.82, 2.24) is 10.0 Å². The summed E-state index contributed by atoms with van der Waals surface area (Å²) in [5.41, 5.74) is 0.513. The van der Waals surface area contributed by atoms with E-state index in [1.165, 1.54) is 55.6 Å². The number of nitrogens with zero attached hydrogens (tertiary/aromatic N) is 2. The number of ether oxygens (including phenoxy) is 2. The number of carbonyl (C=O) groups is 5. The summed E-state index contributed by atoms with van der Waals surface area (Å²) in [5.74, 6) is -3.54. The van der Waals surface area contributed by atoms with E-state index < -0.39 is 47.9 Å². The standard InChI is InChI=1S/C32H24Cl2N2O7/c1-42-23-4-2-3-21(14-23)32(41)43-22-10-7-17(8-11-22)26(37)16-35(29(38)20-9-12-24(33)25(34)15-20)36-30(39)27-18-5-6-19(13-18)28(27)31(36)40/h2-12,14-15,18-19,27-28H,13,16H2,1H3/t18-,19-,27-,28-/m0/s1. The predicted octanol–water partition coefficient (Wildman–Crippen LogP) is 5.27. The van der Waals surface area contributed by atoms with Gasteiger partial charge in [-0.05, 0) is 78.9 Å². The number of rotatable bonds is 8. The van der Waals surface area contributed by atoms with Gasteiger partial charge in [0.05, 0.1) is 34.6 Å². The van der Waals surface area contributed by atoms with Crippen molar-refractivity contribution in [3.63, 3.8) is 0 Å². The number of hydrogen-bond donors (Lipinski definition) is 0. The second-order valence-corrected chi connectivity index (χ2v) is 11.4. The predicted molar refractivity (Wildman–Crippen MR) is 156 cm³/mol. The van der Waals surface area contributed by atoms with Gasteiger partial charge in [-0.25, -0.2) is 9.80 Å². The number of carbonyl (C=O) groups excluding carboxylic acids is 5. The van der Waals surface area contributed by atoms with E-state index in [0.717, 1.165) is 16.4 Å². The Bertz CT molecular complexity index is 1670. The molecule has 1 heterocycles. The van der Waals surface area contributed by atoms with Crippen LogP contribution in [0, 0.1) is 23.7 Å². The lowest BCUT2D eigenvalue weighted by Gasteiger charge is -2.31. The molecular weight excluding hydrogens is 595 g/mol. The van der Waals surface area contributed by atoms with Crippen molar-refractivity contribution < 1.29 is 33.4 Å². The van der Waals surface area contributed by atoms with Crippen LogP contribution in [-0.2, 0) is 9.59 Å². The van der Waals surface area contributed by atoms with Gasteiger partial charge in [0.25, 0.3) is 17.7 Å². The highest BCUT2D eigenvalue weighted by atomic mass is 35.5. The molecule has 0 spiro atoms. The van der Waals surface area contributed by atoms with Crippen LogP contribution < -0.4 is 9.47 Å². The molecule has 6 rings (SSSR count). The van der Waals surface area contributed by atoms with E-state index >= 15 is 0 Å². The minimum Gasteiger partial charge on any atom is -0.497 e. The Kier molecular flexibility index (Phi) is 7.54. The lowest BCUT2D eigenvalue weighted by atomic mass is 9.85. The van der Waals surface area contributed by atoms with Crippen molar-refractivity contribution in [2.24, 2.45) is 23.7 Å². The Morgan fingerprint density at radius 2 is 1.47 bits per heavy atom. The molecule has 4 atom stereocenters. The third kappa shape index (κ3) is 5.19. The minimum atomic E-state index is -0.752. The molecule has 218 valence electrons. The summed E-state index contributed by atoms with van der Waals surface area (Å²) < 4.78 is 10.5. The molecule has 9 nitrogen and oxygen atoms in total. The molecule has 3 aromatic carbocycles. The van der Waals surface area contributed by atoms with Crippen LogP contribution in [0.25, 0.3) is 0 Å². The number of ketones is 1. The Balaban J connectivity index is 1.24. The number of benzene rings is 3. The molecule has 0 unspecified atom stereocenters. The Hall–Kier alpha value is -4.47. The molecule has 43 heavy (non-hydrogen) atoms. The number of amides is 3. The fourth-order valence-corrected chi connectivity index (χ4v) is 6.29. The lowest BCUT2D eigenvalue weighted by Crippen LogP contribution is -2.52. The quantitative estimate of drug-likeness (QED) is 0.111. The van der Waals surface area contributed by atoms with E-state index in [1.54, 1.807) is 18.2 Å². The summed E-state index contributed by atoms with van der Waals surface area (Å²) in [5, 5.41) is 2.05. The molecule has 0 aromatic heterocycles. The molecule has 0 N–H and O–H groups in total. The number of imide groups is 1. The number of methoxy groups -OCH3 is 1. The molecule has 2 aliphatic carbocycles. The van der Waals surface area contributed by atoms with E-state index in [0.29, 0.717) is 5.75 Å². The SMILES string of the molecule is COc1cccc(C(=O)Oc2ccc(C(=O)CN(C(=O)c3ccc(Cl)c(Cl)c3)N3C(=O)[C@@H]4[C@@H](C3=O)[C@H]3C=C[C@H]4C3)cc2)c1. The van der Waals surface area contributed by atoms with E-state index in [4.69, 9.17) is 32.7 Å². The normalized spacial score (nSPS) is 21.6. The maximum absolute atomic E-state index is 13.8. The Morgan fingerprint density at radius 3 is 2.09 bits per heavy atom. The Morgan fingerprint density at radius 1 is 0.814 bits per heavy atom. The molecule has 1 aliphatic heterocycles. The summed E-state index contributed by atoms with van der Waals surface area (Å²) >= 11 is 12.2. The number of hydrogen-bond acceptors (Lipinski definition) is 7. The van der Waals surface area contributed by atoms with Crippen molar-refractivity contribution in [3.05, 3.63) is 106 Å². The van der Waals surface area contributed by atoms with Crippen LogP contribution in [0.1, 0.15) is 37.5 Å². The third-order valence-corrected chi connectivity index (χ3v) is 8.81. The number of hydrazine groups is 1. The second-order valence-electron chi connectivity index (χ2n) is 10.5. The van der Waals surface area contributed by atoms with Crippen LogP contribution in [0.3, 0.4) is 0 Å². The van der Waals surface area contributed by atoms with Gasteiger partial charge in [0.1, 0.15) is 18.0 Å². The molecule has 2 bridgehead atoms. The van der Waals surface area contributed by atoms with Gasteiger partial charge in [0, 0.05) is 11.1 Å². The summed E-state index contributed by atoms with van der Waals surface area (Å²) in [4.78, 5) is 66.9. The van der Waals surface area contributed by atoms with E-state index in [2.05, 4.69) is 0 Å². The fourth-order valence-electron chi connectivity index (χ4n) is 5.99. The molecule has 11 heteroatoms. The highest BCUT2D eigenvalue weighted by Gasteiger charge is 2.61. The first kappa shape index (κ1) is 28.6. The molecular formula is C32H24Cl2N2O7. The zero-order chi connectivity index (χ0) is 30.4. The van der Waals surface area contributed by atoms with Crippen molar-refractivity contribution in [2.75, 3.05) is 13.7 Å². The maximum Gasteiger partial charge on any atom is 0.343 e. The van der Waals surface area contributed by atoms with Gasteiger partial charge in [-0.15, -0.1) is 0 Å². The highest BCUT2D eigenvalue weighted by molar-refractivity contribution is 6.42. The summed E-state index contributed by atoms with van der Waals surface area (Å²) in [7, 11) is 1.49. The third-order valence-electron chi connectivity index (χ3n) is 8.08. The summed E-state index contributed by atoms with van der Waals surface area (Å²) in [6.07, 6.45) is 4.61. The van der Waals surface area contributed by atoms with Crippen LogP contribution in [0.4, 0.5) is 0 Å². The van der Waals surface area contributed by atoms with Gasteiger partial charge >= 0.3 is 5.97 Å². The van der Waals surface area contributed by atoms with Crippen LogP contribution >= 0.6 is 23.2 Å². The lowest BCUT2D eigenvalue weighted by molar-refractivity contribution is -0.154. The second kappa shape index (κ2) is 11.3. The summed E-state index contributed by atoms with van der Waals surface area (Å²) in [6, 6.07) is 16.4. The monoisotopic (exact) mass is 618 g/mol. The van der Waals surface area contributed by atoms with Gasteiger partial charge in [0.2, 0.25) is 0 Å². The minimum absolute atomic E-state index is 0.0563. The van der Waals surface area contributed by atoms with E-state index in [9.17, 15) is 24.0 Å². The molecule has 1 saturated heterocycles. The van der Waals surface area contributed by atoms with E-state index in [1.807, 2.05) is 12.2 Å². The van der Waals surface area contributed by atoms with Gasteiger partial charge in [-0.1, -0.05) is 41.4 Å². The number of halogens is 2. The van der Waals surface area contributed by atoms with Gasteiger partial charge < -0.3 is 9.47 Å². The maximum atomic E-state index is 13.8. The van der Waals surface area contributed by atoms with Gasteiger partial charge in [-0.2, -0.15) is 5.01 Å². The topological polar surface area (TPSA) is 110 Å². The molecule has 2 fully saturated rings. The first-order chi connectivity index (χ1) is 20.7. The average Bonchev–Trinajstić information content (AvgIpc) is 3.71. The number of esters is 1. The van der Waals surface area contributed by atoms with Crippen LogP contribution in [0.5, 0.6) is 11.5 Å². The van der Waals surface area contributed by atoms with Crippen LogP contribution in [0.15, 0.2) is 78.9 Å². The molecule has 3 aliphatic rings. The average molecular weight is 619 g/mol. The zero-order valence-corrected chi connectivity index (χ0v) is 24.2. The summed E-state index contributed by atoms with van der Waals surface area (Å²) in [6.45, 7) is -0.596. The van der Waals surface area contributed by atoms with Crippen LogP contribution in [-0.4, -0.2) is 53.1 Å². The first-order valence-electron chi connectivity index (χ1n) is 13.5. The molecule has 0 radical (unpaired) electrons. The number of Topliss-reactive ketones (excluding diaryl/α,β-unsaturated/α-hetero) is 1. The van der Waals surface area contributed by atoms with E-state index in [-0.39, 0.29) is 44.3 Å².